The van der Waals surface area contributed by atoms with Gasteiger partial charge in [0.25, 0.3) is 0 Å². The molecule has 0 fully saturated rings. The van der Waals surface area contributed by atoms with E-state index in [0.29, 0.717) is 5.75 Å². The predicted molar refractivity (Wildman–Crippen MR) is 110 cm³/mol. The zero-order valence-corrected chi connectivity index (χ0v) is 17.4. The van der Waals surface area contributed by atoms with Gasteiger partial charge in [0.05, 0.1) is 12.7 Å². The minimum Gasteiger partial charge on any atom is -0.497 e. The van der Waals surface area contributed by atoms with E-state index in [1.54, 1.807) is 51.3 Å². The number of halogens is 3. The molecule has 1 amide bonds. The van der Waals surface area contributed by atoms with Gasteiger partial charge < -0.3 is 14.8 Å². The van der Waals surface area contributed by atoms with Crippen molar-refractivity contribution in [1.82, 2.24) is 5.32 Å². The second-order valence-electron chi connectivity index (χ2n) is 7.10. The minimum absolute atomic E-state index is 0.156. The molecule has 1 N–H and O–H groups in total. The molecule has 0 bridgehead atoms. The Balaban J connectivity index is 2.01. The fourth-order valence-electron chi connectivity index (χ4n) is 2.75. The lowest BCUT2D eigenvalue weighted by Crippen LogP contribution is -2.44. The predicted octanol–water partition coefficient (Wildman–Crippen LogP) is 4.61. The van der Waals surface area contributed by atoms with Crippen molar-refractivity contribution in [2.45, 2.75) is 32.7 Å². The first-order valence-corrected chi connectivity index (χ1v) is 9.56. The van der Waals surface area contributed by atoms with Crippen molar-refractivity contribution in [2.24, 2.45) is 5.92 Å². The number of carbonyl (C=O) groups is 2. The Morgan fingerprint density at radius 2 is 1.71 bits per heavy atom. The highest BCUT2D eigenvalue weighted by molar-refractivity contribution is 5.94. The molecule has 0 saturated heterocycles. The molecule has 0 aliphatic carbocycles. The highest BCUT2D eigenvalue weighted by Gasteiger charge is 2.33. The summed E-state index contributed by atoms with van der Waals surface area (Å²) in [6.07, 6.45) is -1.72. The SMILES string of the molecule is COc1ccc(/C=C/C(=O)N[C@H](C(=O)OCc2ccccc2C(F)(F)F)C(C)C)cc1. The fraction of sp³-hybridized carbons (Fsp3) is 0.304. The van der Waals surface area contributed by atoms with Gasteiger partial charge in [0.2, 0.25) is 5.91 Å². The highest BCUT2D eigenvalue weighted by atomic mass is 19.4. The summed E-state index contributed by atoms with van der Waals surface area (Å²) in [5, 5.41) is 2.54. The van der Waals surface area contributed by atoms with Crippen LogP contribution in [0.1, 0.15) is 30.5 Å². The Morgan fingerprint density at radius 3 is 2.29 bits per heavy atom. The molecule has 31 heavy (non-hydrogen) atoms. The molecule has 0 unspecified atom stereocenters. The summed E-state index contributed by atoms with van der Waals surface area (Å²) in [7, 11) is 1.55. The molecule has 0 spiro atoms. The summed E-state index contributed by atoms with van der Waals surface area (Å²) in [5.41, 5.74) is -0.268. The lowest BCUT2D eigenvalue weighted by Gasteiger charge is -2.21. The van der Waals surface area contributed by atoms with Crippen molar-refractivity contribution in [3.8, 4) is 5.75 Å². The van der Waals surface area contributed by atoms with Gasteiger partial charge in [0.15, 0.2) is 0 Å². The molecule has 2 aromatic rings. The van der Waals surface area contributed by atoms with Crippen LogP contribution in [0, 0.1) is 5.92 Å². The monoisotopic (exact) mass is 435 g/mol. The van der Waals surface area contributed by atoms with Gasteiger partial charge in [-0.05, 0) is 35.8 Å². The van der Waals surface area contributed by atoms with E-state index < -0.39 is 36.3 Å². The Morgan fingerprint density at radius 1 is 1.06 bits per heavy atom. The summed E-state index contributed by atoms with van der Waals surface area (Å²) < 4.78 is 49.4. The van der Waals surface area contributed by atoms with Gasteiger partial charge in [-0.1, -0.05) is 44.2 Å². The first kappa shape index (κ1) is 24.0. The Labute approximate surface area is 178 Å². The van der Waals surface area contributed by atoms with Gasteiger partial charge in [-0.15, -0.1) is 0 Å². The molecule has 2 rings (SSSR count). The van der Waals surface area contributed by atoms with Gasteiger partial charge in [0, 0.05) is 11.6 Å². The van der Waals surface area contributed by atoms with E-state index in [4.69, 9.17) is 9.47 Å². The van der Waals surface area contributed by atoms with Crippen molar-refractivity contribution in [2.75, 3.05) is 7.11 Å². The fourth-order valence-corrected chi connectivity index (χ4v) is 2.75. The van der Waals surface area contributed by atoms with Crippen LogP contribution in [0.2, 0.25) is 0 Å². The Hall–Kier alpha value is -3.29. The minimum atomic E-state index is -4.55. The molecule has 1 atom stereocenters. The largest absolute Gasteiger partial charge is 0.497 e. The summed E-state index contributed by atoms with van der Waals surface area (Å²) in [6.45, 7) is 2.85. The van der Waals surface area contributed by atoms with Crippen LogP contribution in [0.25, 0.3) is 6.08 Å². The van der Waals surface area contributed by atoms with Crippen molar-refractivity contribution in [1.29, 1.82) is 0 Å². The summed E-state index contributed by atoms with van der Waals surface area (Å²) in [5.74, 6) is -0.986. The molecule has 166 valence electrons. The molecule has 2 aromatic carbocycles. The highest BCUT2D eigenvalue weighted by Crippen LogP contribution is 2.32. The summed E-state index contributed by atoms with van der Waals surface area (Å²) >= 11 is 0. The van der Waals surface area contributed by atoms with Crippen LogP contribution >= 0.6 is 0 Å². The van der Waals surface area contributed by atoms with Crippen molar-refractivity contribution >= 4 is 18.0 Å². The van der Waals surface area contributed by atoms with Crippen molar-refractivity contribution in [3.63, 3.8) is 0 Å². The first-order chi connectivity index (χ1) is 14.6. The van der Waals surface area contributed by atoms with Crippen molar-refractivity contribution < 1.29 is 32.2 Å². The molecule has 0 heterocycles. The maximum atomic E-state index is 13.1. The van der Waals surface area contributed by atoms with Crippen LogP contribution < -0.4 is 10.1 Å². The number of carbonyl (C=O) groups excluding carboxylic acids is 2. The van der Waals surface area contributed by atoms with Crippen molar-refractivity contribution in [3.05, 3.63) is 71.3 Å². The number of rotatable bonds is 8. The third kappa shape index (κ3) is 7.16. The topological polar surface area (TPSA) is 64.6 Å². The maximum absolute atomic E-state index is 13.1. The van der Waals surface area contributed by atoms with Gasteiger partial charge in [-0.3, -0.25) is 4.79 Å². The van der Waals surface area contributed by atoms with Crippen LogP contribution in [0.4, 0.5) is 13.2 Å². The first-order valence-electron chi connectivity index (χ1n) is 9.56. The summed E-state index contributed by atoms with van der Waals surface area (Å²) in [6, 6.07) is 10.9. The number of nitrogens with one attached hydrogen (secondary N) is 1. The number of methoxy groups -OCH3 is 1. The van der Waals surface area contributed by atoms with E-state index in [0.717, 1.165) is 11.6 Å². The average Bonchev–Trinajstić information content (AvgIpc) is 2.74. The molecule has 5 nitrogen and oxygen atoms in total. The number of benzene rings is 2. The van der Waals surface area contributed by atoms with E-state index in [9.17, 15) is 22.8 Å². The third-order valence-corrected chi connectivity index (χ3v) is 4.45. The van der Waals surface area contributed by atoms with E-state index in [-0.39, 0.29) is 11.5 Å². The van der Waals surface area contributed by atoms with Gasteiger partial charge in [0.1, 0.15) is 18.4 Å². The zero-order valence-electron chi connectivity index (χ0n) is 17.4. The molecule has 0 radical (unpaired) electrons. The molecule has 0 aliphatic rings. The number of hydrogen-bond acceptors (Lipinski definition) is 4. The number of ether oxygens (including phenoxy) is 2. The van der Waals surface area contributed by atoms with Crippen LogP contribution in [0.5, 0.6) is 5.75 Å². The zero-order chi connectivity index (χ0) is 23.0. The lowest BCUT2D eigenvalue weighted by molar-refractivity contribution is -0.151. The standard InChI is InChI=1S/C23H24F3NO4/c1-15(2)21(27-20(28)13-10-16-8-11-18(30-3)12-9-16)22(29)31-14-17-6-4-5-7-19(17)23(24,25)26/h4-13,15,21H,14H2,1-3H3,(H,27,28)/b13-10+/t21-/m0/s1. The molecular formula is C23H24F3NO4. The van der Waals surface area contributed by atoms with Crippen LogP contribution in [0.3, 0.4) is 0 Å². The number of hydrogen-bond donors (Lipinski definition) is 1. The Kier molecular flexibility index (Phi) is 8.24. The van der Waals surface area contributed by atoms with Crippen LogP contribution in [-0.4, -0.2) is 25.0 Å². The molecule has 0 aromatic heterocycles. The molecule has 0 aliphatic heterocycles. The lowest BCUT2D eigenvalue weighted by atomic mass is 10.0. The van der Waals surface area contributed by atoms with Gasteiger partial charge in [-0.2, -0.15) is 13.2 Å². The van der Waals surface area contributed by atoms with E-state index >= 15 is 0 Å². The second-order valence-corrected chi connectivity index (χ2v) is 7.10. The normalized spacial score (nSPS) is 12.6. The van der Waals surface area contributed by atoms with Crippen LogP contribution in [0.15, 0.2) is 54.6 Å². The summed E-state index contributed by atoms with van der Waals surface area (Å²) in [4.78, 5) is 24.7. The molecule has 8 heteroatoms. The van der Waals surface area contributed by atoms with E-state index in [2.05, 4.69) is 5.32 Å². The average molecular weight is 435 g/mol. The van der Waals surface area contributed by atoms with E-state index in [1.165, 1.54) is 24.3 Å². The number of alkyl halides is 3. The quantitative estimate of drug-likeness (QED) is 0.486. The second kappa shape index (κ2) is 10.7. The molecule has 0 saturated carbocycles. The van der Waals surface area contributed by atoms with E-state index in [1.807, 2.05) is 0 Å². The number of amides is 1. The van der Waals surface area contributed by atoms with Crippen LogP contribution in [-0.2, 0) is 27.1 Å². The molecular weight excluding hydrogens is 411 g/mol. The third-order valence-electron chi connectivity index (χ3n) is 4.45. The Bertz CT molecular complexity index is 921. The maximum Gasteiger partial charge on any atom is 0.416 e. The van der Waals surface area contributed by atoms with Gasteiger partial charge in [-0.25, -0.2) is 4.79 Å². The van der Waals surface area contributed by atoms with Gasteiger partial charge >= 0.3 is 12.1 Å². The smallest absolute Gasteiger partial charge is 0.416 e. The number of esters is 1.